The van der Waals surface area contributed by atoms with Crippen LogP contribution in [0.15, 0.2) is 48.5 Å². The molecule has 0 bridgehead atoms. The highest BCUT2D eigenvalue weighted by Gasteiger charge is 2.17. The molecule has 2 aromatic carbocycles. The lowest BCUT2D eigenvalue weighted by Gasteiger charge is -2.14. The SMILES string of the molecule is N#CC(c1ccccc1)c1ccc(NC(=O)NCCCO)cc1Cl. The molecule has 0 radical (unpaired) electrons. The number of hydrogen-bond donors (Lipinski definition) is 3. The van der Waals surface area contributed by atoms with Crippen LogP contribution in [0.5, 0.6) is 0 Å². The number of aliphatic hydroxyl groups is 1. The number of amides is 2. The number of aliphatic hydroxyl groups excluding tert-OH is 1. The Balaban J connectivity index is 2.12. The number of carbonyl (C=O) groups excluding carboxylic acids is 1. The van der Waals surface area contributed by atoms with Gasteiger partial charge in [-0.25, -0.2) is 4.79 Å². The summed E-state index contributed by atoms with van der Waals surface area (Å²) in [6, 6.07) is 16.4. The Labute approximate surface area is 145 Å². The predicted octanol–water partition coefficient (Wildman–Crippen LogP) is 3.50. The normalized spacial score (nSPS) is 11.4. The number of benzene rings is 2. The molecule has 2 rings (SSSR count). The van der Waals surface area contributed by atoms with Gasteiger partial charge in [-0.05, 0) is 29.7 Å². The standard InChI is InChI=1S/C18H18ClN3O2/c19-17-11-14(22-18(24)21-9-4-10-23)7-8-15(17)16(12-20)13-5-2-1-3-6-13/h1-3,5-8,11,16,23H,4,9-10H2,(H2,21,22,24). The number of urea groups is 1. The summed E-state index contributed by atoms with van der Waals surface area (Å²) in [5.74, 6) is -0.467. The first kappa shape index (κ1) is 17.8. The van der Waals surface area contributed by atoms with Gasteiger partial charge >= 0.3 is 6.03 Å². The van der Waals surface area contributed by atoms with Gasteiger partial charge in [0.25, 0.3) is 0 Å². The van der Waals surface area contributed by atoms with Gasteiger partial charge in [-0.2, -0.15) is 5.26 Å². The van der Waals surface area contributed by atoms with E-state index in [1.807, 2.05) is 30.3 Å². The van der Waals surface area contributed by atoms with E-state index in [0.29, 0.717) is 29.2 Å². The summed E-state index contributed by atoms with van der Waals surface area (Å²) < 4.78 is 0. The smallest absolute Gasteiger partial charge is 0.319 e. The van der Waals surface area contributed by atoms with Gasteiger partial charge in [-0.1, -0.05) is 48.0 Å². The first-order valence-electron chi connectivity index (χ1n) is 7.55. The van der Waals surface area contributed by atoms with Crippen molar-refractivity contribution in [1.82, 2.24) is 5.32 Å². The van der Waals surface area contributed by atoms with E-state index in [2.05, 4.69) is 16.7 Å². The Hall–Kier alpha value is -2.55. The van der Waals surface area contributed by atoms with Crippen LogP contribution in [0.2, 0.25) is 5.02 Å². The van der Waals surface area contributed by atoms with E-state index < -0.39 is 5.92 Å². The van der Waals surface area contributed by atoms with E-state index in [0.717, 1.165) is 5.56 Å². The zero-order chi connectivity index (χ0) is 17.4. The second-order valence-electron chi connectivity index (χ2n) is 5.17. The molecule has 0 spiro atoms. The minimum atomic E-state index is -0.467. The van der Waals surface area contributed by atoms with Crippen molar-refractivity contribution in [2.24, 2.45) is 0 Å². The van der Waals surface area contributed by atoms with Crippen molar-refractivity contribution >= 4 is 23.3 Å². The minimum Gasteiger partial charge on any atom is -0.396 e. The topological polar surface area (TPSA) is 85.2 Å². The third-order valence-corrected chi connectivity index (χ3v) is 3.78. The molecule has 0 heterocycles. The molecule has 0 aliphatic rings. The van der Waals surface area contributed by atoms with Gasteiger partial charge in [-0.3, -0.25) is 0 Å². The van der Waals surface area contributed by atoms with Crippen LogP contribution in [-0.4, -0.2) is 24.3 Å². The molecular formula is C18H18ClN3O2. The zero-order valence-electron chi connectivity index (χ0n) is 13.0. The number of hydrogen-bond acceptors (Lipinski definition) is 3. The van der Waals surface area contributed by atoms with Crippen molar-refractivity contribution in [3.05, 3.63) is 64.7 Å². The third kappa shape index (κ3) is 4.72. The summed E-state index contributed by atoms with van der Waals surface area (Å²) in [5.41, 5.74) is 2.09. The summed E-state index contributed by atoms with van der Waals surface area (Å²) in [7, 11) is 0. The highest BCUT2D eigenvalue weighted by Crippen LogP contribution is 2.31. The van der Waals surface area contributed by atoms with Crippen LogP contribution in [0.25, 0.3) is 0 Å². The summed E-state index contributed by atoms with van der Waals surface area (Å²) in [5, 5.41) is 23.9. The van der Waals surface area contributed by atoms with Gasteiger partial charge in [0, 0.05) is 23.9 Å². The molecule has 24 heavy (non-hydrogen) atoms. The third-order valence-electron chi connectivity index (χ3n) is 3.45. The van der Waals surface area contributed by atoms with Gasteiger partial charge in [0.05, 0.1) is 12.0 Å². The van der Waals surface area contributed by atoms with Crippen LogP contribution < -0.4 is 10.6 Å². The zero-order valence-corrected chi connectivity index (χ0v) is 13.8. The monoisotopic (exact) mass is 343 g/mol. The van der Waals surface area contributed by atoms with E-state index in [-0.39, 0.29) is 12.6 Å². The molecule has 1 unspecified atom stereocenters. The van der Waals surface area contributed by atoms with Crippen LogP contribution in [0.1, 0.15) is 23.5 Å². The van der Waals surface area contributed by atoms with Crippen LogP contribution >= 0.6 is 11.6 Å². The number of nitrogens with zero attached hydrogens (tertiary/aromatic N) is 1. The summed E-state index contributed by atoms with van der Waals surface area (Å²) in [6.45, 7) is 0.411. The maximum absolute atomic E-state index is 11.7. The first-order chi connectivity index (χ1) is 11.7. The predicted molar refractivity (Wildman–Crippen MR) is 94.1 cm³/mol. The molecule has 0 saturated heterocycles. The molecule has 5 nitrogen and oxygen atoms in total. The molecule has 2 aromatic rings. The summed E-state index contributed by atoms with van der Waals surface area (Å²) in [4.78, 5) is 11.7. The average Bonchev–Trinajstić information content (AvgIpc) is 2.58. The second-order valence-corrected chi connectivity index (χ2v) is 5.57. The van der Waals surface area contributed by atoms with Gasteiger partial charge in [0.2, 0.25) is 0 Å². The van der Waals surface area contributed by atoms with Crippen molar-refractivity contribution in [1.29, 1.82) is 5.26 Å². The van der Waals surface area contributed by atoms with Gasteiger partial charge < -0.3 is 15.7 Å². The lowest BCUT2D eigenvalue weighted by Crippen LogP contribution is -2.29. The molecule has 0 fully saturated rings. The fourth-order valence-electron chi connectivity index (χ4n) is 2.26. The molecule has 0 aromatic heterocycles. The largest absolute Gasteiger partial charge is 0.396 e. The van der Waals surface area contributed by atoms with E-state index in [1.165, 1.54) is 0 Å². The average molecular weight is 344 g/mol. The summed E-state index contributed by atoms with van der Waals surface area (Å²) in [6.07, 6.45) is 0.494. The van der Waals surface area contributed by atoms with Crippen molar-refractivity contribution in [3.8, 4) is 6.07 Å². The van der Waals surface area contributed by atoms with Crippen molar-refractivity contribution < 1.29 is 9.90 Å². The molecule has 0 aliphatic carbocycles. The molecular weight excluding hydrogens is 326 g/mol. The van der Waals surface area contributed by atoms with Crippen LogP contribution in [0, 0.1) is 11.3 Å². The fourth-order valence-corrected chi connectivity index (χ4v) is 2.55. The number of nitrogens with one attached hydrogen (secondary N) is 2. The lowest BCUT2D eigenvalue weighted by atomic mass is 9.92. The number of rotatable bonds is 6. The van der Waals surface area contributed by atoms with E-state index >= 15 is 0 Å². The number of carbonyl (C=O) groups is 1. The van der Waals surface area contributed by atoms with Crippen molar-refractivity contribution in [2.75, 3.05) is 18.5 Å². The molecule has 6 heteroatoms. The Morgan fingerprint density at radius 1 is 1.25 bits per heavy atom. The van der Waals surface area contributed by atoms with E-state index in [1.54, 1.807) is 18.2 Å². The maximum atomic E-state index is 11.7. The molecule has 124 valence electrons. The Bertz CT molecular complexity index is 729. The quantitative estimate of drug-likeness (QED) is 0.702. The highest BCUT2D eigenvalue weighted by molar-refractivity contribution is 6.31. The highest BCUT2D eigenvalue weighted by atomic mass is 35.5. The second kappa shape index (κ2) is 8.92. The molecule has 1 atom stereocenters. The summed E-state index contributed by atoms with van der Waals surface area (Å²) >= 11 is 6.31. The van der Waals surface area contributed by atoms with Gasteiger partial charge in [0.15, 0.2) is 0 Å². The molecule has 0 aliphatic heterocycles. The lowest BCUT2D eigenvalue weighted by molar-refractivity contribution is 0.249. The van der Waals surface area contributed by atoms with Crippen molar-refractivity contribution in [3.63, 3.8) is 0 Å². The van der Waals surface area contributed by atoms with Crippen LogP contribution in [0.3, 0.4) is 0 Å². The van der Waals surface area contributed by atoms with Gasteiger partial charge in [0.1, 0.15) is 0 Å². The molecule has 0 saturated carbocycles. The van der Waals surface area contributed by atoms with E-state index in [4.69, 9.17) is 16.7 Å². The molecule has 3 N–H and O–H groups in total. The minimum absolute atomic E-state index is 0.0237. The first-order valence-corrected chi connectivity index (χ1v) is 7.93. The molecule has 2 amide bonds. The number of nitriles is 1. The van der Waals surface area contributed by atoms with E-state index in [9.17, 15) is 10.1 Å². The van der Waals surface area contributed by atoms with Gasteiger partial charge in [-0.15, -0.1) is 0 Å². The van der Waals surface area contributed by atoms with Crippen molar-refractivity contribution in [2.45, 2.75) is 12.3 Å². The number of anilines is 1. The maximum Gasteiger partial charge on any atom is 0.319 e. The Morgan fingerprint density at radius 2 is 2.00 bits per heavy atom. The number of halogens is 1. The fraction of sp³-hybridized carbons (Fsp3) is 0.222. The Morgan fingerprint density at radius 3 is 2.62 bits per heavy atom. The Kier molecular flexibility index (Phi) is 6.62. The van der Waals surface area contributed by atoms with Crippen LogP contribution in [0.4, 0.5) is 10.5 Å². The van der Waals surface area contributed by atoms with Crippen LogP contribution in [-0.2, 0) is 0 Å².